The molecule has 5 rings (SSSR count). The van der Waals surface area contributed by atoms with E-state index in [4.69, 9.17) is 4.74 Å². The molecule has 0 saturated heterocycles. The molecule has 0 aliphatic rings. The number of ether oxygens (including phenoxy) is 1. The maximum atomic E-state index is 14.0. The number of hydrogen-bond acceptors (Lipinski definition) is 4. The number of amides is 2. The lowest BCUT2D eigenvalue weighted by molar-refractivity contribution is 0.0519. The van der Waals surface area contributed by atoms with Gasteiger partial charge >= 0.3 is 6.09 Å². The summed E-state index contributed by atoms with van der Waals surface area (Å²) in [6.07, 6.45) is 3.59. The zero-order valence-electron chi connectivity index (χ0n) is 22.3. The number of carbonyl (C=O) groups excluding carboxylic acids is 2. The minimum atomic E-state index is -0.616. The lowest BCUT2D eigenvalue weighted by atomic mass is 10.0. The first-order chi connectivity index (χ1) is 18.8. The number of carbonyl (C=O) groups is 2. The van der Waals surface area contributed by atoms with Crippen molar-refractivity contribution in [1.29, 1.82) is 0 Å². The van der Waals surface area contributed by atoms with Crippen molar-refractivity contribution in [2.24, 2.45) is 0 Å². The molecule has 2 heterocycles. The fraction of sp³-hybridized carbons (Fsp3) is 0.219. The van der Waals surface area contributed by atoms with Gasteiger partial charge in [0.2, 0.25) is 0 Å². The number of aromatic nitrogens is 2. The van der Waals surface area contributed by atoms with E-state index in [9.17, 15) is 9.59 Å². The van der Waals surface area contributed by atoms with Crippen LogP contribution in [0.3, 0.4) is 0 Å². The lowest BCUT2D eigenvalue weighted by Crippen LogP contribution is -2.46. The smallest absolute Gasteiger partial charge is 0.407 e. The fourth-order valence-corrected chi connectivity index (χ4v) is 4.74. The molecule has 0 fully saturated rings. The van der Waals surface area contributed by atoms with Crippen molar-refractivity contribution < 1.29 is 14.3 Å². The molecule has 0 bridgehead atoms. The summed E-state index contributed by atoms with van der Waals surface area (Å²) in [5, 5.41) is 8.82. The number of alkyl carbamates (subject to hydrolysis) is 1. The van der Waals surface area contributed by atoms with E-state index < -0.39 is 11.7 Å². The Bertz CT molecular complexity index is 1610. The van der Waals surface area contributed by atoms with Gasteiger partial charge in [0.25, 0.3) is 5.91 Å². The summed E-state index contributed by atoms with van der Waals surface area (Å²) in [6, 6.07) is 25.2. The average molecular weight is 521 g/mol. The highest BCUT2D eigenvalue weighted by Gasteiger charge is 2.24. The van der Waals surface area contributed by atoms with Crippen molar-refractivity contribution in [3.8, 4) is 11.3 Å². The van der Waals surface area contributed by atoms with E-state index in [1.54, 1.807) is 6.20 Å². The molecule has 0 radical (unpaired) electrons. The van der Waals surface area contributed by atoms with Crippen LogP contribution in [0.25, 0.3) is 32.9 Å². The monoisotopic (exact) mass is 520 g/mol. The van der Waals surface area contributed by atoms with Crippen LogP contribution in [0, 0.1) is 0 Å². The molecule has 0 saturated carbocycles. The Labute approximate surface area is 227 Å². The maximum absolute atomic E-state index is 14.0. The highest BCUT2D eigenvalue weighted by atomic mass is 16.6. The molecule has 7 nitrogen and oxygen atoms in total. The average Bonchev–Trinajstić information content (AvgIpc) is 3.32. The first kappa shape index (κ1) is 26.0. The van der Waals surface area contributed by atoms with Crippen LogP contribution in [0.2, 0.25) is 0 Å². The fourth-order valence-electron chi connectivity index (χ4n) is 4.74. The van der Waals surface area contributed by atoms with Gasteiger partial charge in [0.1, 0.15) is 5.60 Å². The molecule has 2 amide bonds. The highest BCUT2D eigenvalue weighted by molar-refractivity contribution is 6.18. The van der Waals surface area contributed by atoms with Gasteiger partial charge in [-0.3, -0.25) is 9.78 Å². The van der Waals surface area contributed by atoms with Crippen molar-refractivity contribution in [3.63, 3.8) is 0 Å². The minimum absolute atomic E-state index is 0.215. The number of benzene rings is 3. The summed E-state index contributed by atoms with van der Waals surface area (Å²) in [6.45, 7) is 5.67. The number of nitrogens with zero attached hydrogens (tertiary/aromatic N) is 1. The summed E-state index contributed by atoms with van der Waals surface area (Å²) >= 11 is 0. The number of hydrogen-bond donors (Lipinski definition) is 3. The van der Waals surface area contributed by atoms with Gasteiger partial charge in [-0.25, -0.2) is 4.79 Å². The number of aromatic amines is 1. The van der Waals surface area contributed by atoms with Gasteiger partial charge in [0, 0.05) is 35.1 Å². The standard InChI is InChI=1S/C32H32N4O3/c1-32(2,3)39-31(38)34-20-24(18-21-10-6-4-7-11-21)35-30(37)27-26-15-14-23-19-33-17-16-25(23)29(26)36-28(27)22-12-8-5-9-13-22/h4-17,19,24,36H,18,20H2,1-3H3,(H,34,38)(H,35,37)/t24-/m0/s1. The summed E-state index contributed by atoms with van der Waals surface area (Å²) in [5.74, 6) is -0.222. The van der Waals surface area contributed by atoms with Gasteiger partial charge in [-0.05, 0) is 44.4 Å². The number of pyridine rings is 1. The topological polar surface area (TPSA) is 96.1 Å². The zero-order chi connectivity index (χ0) is 27.4. The van der Waals surface area contributed by atoms with Crippen molar-refractivity contribution in [3.05, 3.63) is 102 Å². The Kier molecular flexibility index (Phi) is 7.32. The van der Waals surface area contributed by atoms with Gasteiger partial charge in [-0.15, -0.1) is 0 Å². The van der Waals surface area contributed by atoms with E-state index in [0.717, 1.165) is 38.5 Å². The second-order valence-electron chi connectivity index (χ2n) is 10.6. The second-order valence-corrected chi connectivity index (χ2v) is 10.6. The summed E-state index contributed by atoms with van der Waals surface area (Å²) in [7, 11) is 0. The van der Waals surface area contributed by atoms with E-state index in [0.29, 0.717) is 12.0 Å². The number of nitrogens with one attached hydrogen (secondary N) is 3. The van der Waals surface area contributed by atoms with E-state index in [1.807, 2.05) is 106 Å². The van der Waals surface area contributed by atoms with Gasteiger partial charge in [0.05, 0.1) is 22.8 Å². The van der Waals surface area contributed by atoms with Crippen LogP contribution in [0.1, 0.15) is 36.7 Å². The molecular weight excluding hydrogens is 488 g/mol. The Balaban J connectivity index is 1.51. The second kappa shape index (κ2) is 11.0. The molecule has 1 atom stereocenters. The first-order valence-electron chi connectivity index (χ1n) is 13.0. The minimum Gasteiger partial charge on any atom is -0.444 e. The van der Waals surface area contributed by atoms with Crippen molar-refractivity contribution in [2.45, 2.75) is 38.8 Å². The molecule has 198 valence electrons. The van der Waals surface area contributed by atoms with Crippen LogP contribution in [0.5, 0.6) is 0 Å². The van der Waals surface area contributed by atoms with E-state index in [1.165, 1.54) is 0 Å². The molecule has 5 aromatic rings. The molecule has 0 aliphatic heterocycles. The third-order valence-electron chi connectivity index (χ3n) is 6.43. The molecule has 2 aromatic heterocycles. The molecule has 0 aliphatic carbocycles. The predicted molar refractivity (Wildman–Crippen MR) is 155 cm³/mol. The van der Waals surface area contributed by atoms with Gasteiger partial charge in [-0.1, -0.05) is 72.8 Å². The molecule has 3 aromatic carbocycles. The van der Waals surface area contributed by atoms with Crippen LogP contribution in [-0.4, -0.2) is 40.2 Å². The Morgan fingerprint density at radius 3 is 2.36 bits per heavy atom. The molecule has 39 heavy (non-hydrogen) atoms. The Morgan fingerprint density at radius 1 is 0.923 bits per heavy atom. The molecular formula is C32H32N4O3. The molecule has 7 heteroatoms. The molecule has 0 unspecified atom stereocenters. The number of H-pyrrole nitrogens is 1. The van der Waals surface area contributed by atoms with E-state index in [-0.39, 0.29) is 18.5 Å². The van der Waals surface area contributed by atoms with Crippen molar-refractivity contribution in [1.82, 2.24) is 20.6 Å². The van der Waals surface area contributed by atoms with Gasteiger partial charge < -0.3 is 20.4 Å². The van der Waals surface area contributed by atoms with Crippen molar-refractivity contribution >= 4 is 33.7 Å². The zero-order valence-corrected chi connectivity index (χ0v) is 22.3. The SMILES string of the molecule is CC(C)(C)OC(=O)NC[C@H](Cc1ccccc1)NC(=O)c1c(-c2ccccc2)[nH]c2c1ccc1cnccc12. The third kappa shape index (κ3) is 6.09. The van der Waals surface area contributed by atoms with E-state index in [2.05, 4.69) is 20.6 Å². The summed E-state index contributed by atoms with van der Waals surface area (Å²) in [5.41, 5.74) is 3.53. The van der Waals surface area contributed by atoms with Gasteiger partial charge in [0.15, 0.2) is 0 Å². The van der Waals surface area contributed by atoms with E-state index >= 15 is 0 Å². The van der Waals surface area contributed by atoms with Crippen LogP contribution in [-0.2, 0) is 11.2 Å². The predicted octanol–water partition coefficient (Wildman–Crippen LogP) is 6.25. The third-order valence-corrected chi connectivity index (χ3v) is 6.43. The van der Waals surface area contributed by atoms with Crippen LogP contribution in [0.15, 0.2) is 91.3 Å². The summed E-state index contributed by atoms with van der Waals surface area (Å²) in [4.78, 5) is 34.2. The molecule has 0 spiro atoms. The highest BCUT2D eigenvalue weighted by Crippen LogP contribution is 2.34. The first-order valence-corrected chi connectivity index (χ1v) is 13.0. The quantitative estimate of drug-likeness (QED) is 0.236. The maximum Gasteiger partial charge on any atom is 0.407 e. The van der Waals surface area contributed by atoms with Crippen LogP contribution < -0.4 is 10.6 Å². The van der Waals surface area contributed by atoms with Crippen molar-refractivity contribution in [2.75, 3.05) is 6.54 Å². The normalized spacial score (nSPS) is 12.3. The van der Waals surface area contributed by atoms with Crippen LogP contribution >= 0.6 is 0 Å². The van der Waals surface area contributed by atoms with Crippen LogP contribution in [0.4, 0.5) is 4.79 Å². The number of fused-ring (bicyclic) bond motifs is 3. The lowest BCUT2D eigenvalue weighted by Gasteiger charge is -2.23. The summed E-state index contributed by atoms with van der Waals surface area (Å²) < 4.78 is 5.42. The Hall–Kier alpha value is -4.65. The number of rotatable bonds is 7. The largest absolute Gasteiger partial charge is 0.444 e. The molecule has 3 N–H and O–H groups in total. The Morgan fingerprint density at radius 2 is 1.64 bits per heavy atom. The van der Waals surface area contributed by atoms with Gasteiger partial charge in [-0.2, -0.15) is 0 Å².